The van der Waals surface area contributed by atoms with Crippen molar-refractivity contribution < 1.29 is 4.42 Å². The SMILES string of the molecule is NCCCCNCCc1ccco1. The number of rotatable bonds is 7. The Labute approximate surface area is 79.3 Å². The van der Waals surface area contributed by atoms with Crippen molar-refractivity contribution in [2.24, 2.45) is 5.73 Å². The van der Waals surface area contributed by atoms with Crippen LogP contribution >= 0.6 is 0 Å². The molecule has 0 amide bonds. The third-order valence-corrected chi connectivity index (χ3v) is 1.94. The molecule has 1 heterocycles. The number of hydrogen-bond acceptors (Lipinski definition) is 3. The van der Waals surface area contributed by atoms with Gasteiger partial charge in [0.15, 0.2) is 0 Å². The van der Waals surface area contributed by atoms with Crippen molar-refractivity contribution in [3.05, 3.63) is 24.2 Å². The van der Waals surface area contributed by atoms with Crippen molar-refractivity contribution in [2.45, 2.75) is 19.3 Å². The van der Waals surface area contributed by atoms with Crippen LogP contribution in [-0.4, -0.2) is 19.6 Å². The molecule has 3 heteroatoms. The summed E-state index contributed by atoms with van der Waals surface area (Å²) in [7, 11) is 0. The van der Waals surface area contributed by atoms with Crippen LogP contribution in [-0.2, 0) is 6.42 Å². The van der Waals surface area contributed by atoms with Gasteiger partial charge in [-0.3, -0.25) is 0 Å². The highest BCUT2D eigenvalue weighted by Gasteiger charge is 1.93. The third-order valence-electron chi connectivity index (χ3n) is 1.94. The van der Waals surface area contributed by atoms with E-state index in [4.69, 9.17) is 10.2 Å². The first-order chi connectivity index (χ1) is 6.43. The Kier molecular flexibility index (Phi) is 5.29. The van der Waals surface area contributed by atoms with Gasteiger partial charge in [0.25, 0.3) is 0 Å². The van der Waals surface area contributed by atoms with E-state index in [1.807, 2.05) is 12.1 Å². The Morgan fingerprint density at radius 2 is 2.23 bits per heavy atom. The standard InChI is InChI=1S/C10H18N2O/c11-6-1-2-7-12-8-5-10-4-3-9-13-10/h3-4,9,12H,1-2,5-8,11H2. The van der Waals surface area contributed by atoms with Gasteiger partial charge in [0, 0.05) is 13.0 Å². The summed E-state index contributed by atoms with van der Waals surface area (Å²) >= 11 is 0. The van der Waals surface area contributed by atoms with Gasteiger partial charge in [-0.05, 0) is 38.1 Å². The third kappa shape index (κ3) is 4.70. The van der Waals surface area contributed by atoms with E-state index in [9.17, 15) is 0 Å². The molecule has 0 bridgehead atoms. The molecule has 0 aromatic carbocycles. The predicted molar refractivity (Wildman–Crippen MR) is 53.6 cm³/mol. The Morgan fingerprint density at radius 3 is 2.92 bits per heavy atom. The van der Waals surface area contributed by atoms with Crippen LogP contribution in [0.1, 0.15) is 18.6 Å². The van der Waals surface area contributed by atoms with Crippen molar-refractivity contribution in [3.63, 3.8) is 0 Å². The van der Waals surface area contributed by atoms with Crippen LogP contribution in [0.3, 0.4) is 0 Å². The maximum Gasteiger partial charge on any atom is 0.105 e. The Balaban J connectivity index is 1.90. The van der Waals surface area contributed by atoms with Gasteiger partial charge in [-0.1, -0.05) is 0 Å². The molecule has 0 spiro atoms. The van der Waals surface area contributed by atoms with Crippen LogP contribution in [0.25, 0.3) is 0 Å². The van der Waals surface area contributed by atoms with Gasteiger partial charge in [-0.2, -0.15) is 0 Å². The summed E-state index contributed by atoms with van der Waals surface area (Å²) in [6.07, 6.45) is 4.95. The lowest BCUT2D eigenvalue weighted by molar-refractivity contribution is 0.497. The number of nitrogens with one attached hydrogen (secondary N) is 1. The van der Waals surface area contributed by atoms with Crippen LogP contribution in [0.4, 0.5) is 0 Å². The molecule has 3 nitrogen and oxygen atoms in total. The molecule has 0 saturated heterocycles. The maximum atomic E-state index is 5.38. The van der Waals surface area contributed by atoms with Crippen LogP contribution in [0.5, 0.6) is 0 Å². The van der Waals surface area contributed by atoms with Gasteiger partial charge in [0.2, 0.25) is 0 Å². The van der Waals surface area contributed by atoms with E-state index >= 15 is 0 Å². The summed E-state index contributed by atoms with van der Waals surface area (Å²) in [5.41, 5.74) is 5.38. The highest BCUT2D eigenvalue weighted by atomic mass is 16.3. The molecule has 0 saturated carbocycles. The van der Waals surface area contributed by atoms with E-state index in [2.05, 4.69) is 5.32 Å². The van der Waals surface area contributed by atoms with E-state index in [0.29, 0.717) is 0 Å². The van der Waals surface area contributed by atoms with Crippen LogP contribution in [0, 0.1) is 0 Å². The second-order valence-electron chi connectivity index (χ2n) is 3.08. The zero-order valence-electron chi connectivity index (χ0n) is 7.96. The molecule has 0 unspecified atom stereocenters. The van der Waals surface area contributed by atoms with E-state index in [1.54, 1.807) is 6.26 Å². The molecular formula is C10H18N2O. The average molecular weight is 182 g/mol. The minimum Gasteiger partial charge on any atom is -0.469 e. The van der Waals surface area contributed by atoms with Crippen molar-refractivity contribution in [1.29, 1.82) is 0 Å². The fourth-order valence-electron chi connectivity index (χ4n) is 1.19. The topological polar surface area (TPSA) is 51.2 Å². The quantitative estimate of drug-likeness (QED) is 0.622. The molecule has 13 heavy (non-hydrogen) atoms. The molecule has 1 aromatic rings. The summed E-state index contributed by atoms with van der Waals surface area (Å²) in [6, 6.07) is 3.92. The zero-order chi connectivity index (χ0) is 9.36. The second kappa shape index (κ2) is 6.69. The normalized spacial score (nSPS) is 10.5. The Bertz CT molecular complexity index is 197. The lowest BCUT2D eigenvalue weighted by Gasteiger charge is -2.01. The van der Waals surface area contributed by atoms with Gasteiger partial charge in [-0.25, -0.2) is 0 Å². The molecule has 3 N–H and O–H groups in total. The molecule has 0 fully saturated rings. The lowest BCUT2D eigenvalue weighted by Crippen LogP contribution is -2.19. The van der Waals surface area contributed by atoms with Gasteiger partial charge in [-0.15, -0.1) is 0 Å². The van der Waals surface area contributed by atoms with E-state index in [0.717, 1.165) is 44.7 Å². The Morgan fingerprint density at radius 1 is 1.31 bits per heavy atom. The average Bonchev–Trinajstić information content (AvgIpc) is 2.63. The summed E-state index contributed by atoms with van der Waals surface area (Å²) in [5, 5.41) is 3.34. The monoisotopic (exact) mass is 182 g/mol. The fraction of sp³-hybridized carbons (Fsp3) is 0.600. The molecule has 1 rings (SSSR count). The fourth-order valence-corrected chi connectivity index (χ4v) is 1.19. The number of nitrogens with two attached hydrogens (primary N) is 1. The smallest absolute Gasteiger partial charge is 0.105 e. The molecule has 0 atom stereocenters. The molecule has 74 valence electrons. The van der Waals surface area contributed by atoms with Crippen molar-refractivity contribution in [3.8, 4) is 0 Å². The van der Waals surface area contributed by atoms with Crippen LogP contribution in [0.15, 0.2) is 22.8 Å². The van der Waals surface area contributed by atoms with Gasteiger partial charge >= 0.3 is 0 Å². The zero-order valence-corrected chi connectivity index (χ0v) is 7.96. The first kappa shape index (κ1) is 10.3. The van der Waals surface area contributed by atoms with Crippen molar-refractivity contribution in [1.82, 2.24) is 5.32 Å². The highest BCUT2D eigenvalue weighted by Crippen LogP contribution is 1.99. The van der Waals surface area contributed by atoms with Crippen LogP contribution < -0.4 is 11.1 Å². The van der Waals surface area contributed by atoms with Gasteiger partial charge in [0.05, 0.1) is 6.26 Å². The molecule has 0 radical (unpaired) electrons. The summed E-state index contributed by atoms with van der Waals surface area (Å²) in [6.45, 7) is 2.83. The van der Waals surface area contributed by atoms with Crippen molar-refractivity contribution in [2.75, 3.05) is 19.6 Å². The minimum absolute atomic E-state index is 0.792. The first-order valence-corrected chi connectivity index (χ1v) is 4.86. The van der Waals surface area contributed by atoms with Gasteiger partial charge < -0.3 is 15.5 Å². The van der Waals surface area contributed by atoms with Crippen molar-refractivity contribution >= 4 is 0 Å². The Hall–Kier alpha value is -0.800. The summed E-state index contributed by atoms with van der Waals surface area (Å²) in [4.78, 5) is 0. The summed E-state index contributed by atoms with van der Waals surface area (Å²) < 4.78 is 5.20. The van der Waals surface area contributed by atoms with E-state index in [1.165, 1.54) is 0 Å². The molecular weight excluding hydrogens is 164 g/mol. The lowest BCUT2D eigenvalue weighted by atomic mass is 10.3. The highest BCUT2D eigenvalue weighted by molar-refractivity contribution is 4.98. The molecule has 0 aliphatic heterocycles. The number of furan rings is 1. The van der Waals surface area contributed by atoms with Crippen LogP contribution in [0.2, 0.25) is 0 Å². The molecule has 1 aromatic heterocycles. The predicted octanol–water partition coefficient (Wildman–Crippen LogP) is 1.15. The summed E-state index contributed by atoms with van der Waals surface area (Å²) in [5.74, 6) is 1.05. The largest absolute Gasteiger partial charge is 0.469 e. The number of hydrogen-bond donors (Lipinski definition) is 2. The number of unbranched alkanes of at least 4 members (excludes halogenated alkanes) is 1. The molecule has 0 aliphatic rings. The maximum absolute atomic E-state index is 5.38. The first-order valence-electron chi connectivity index (χ1n) is 4.86. The van der Waals surface area contributed by atoms with E-state index in [-0.39, 0.29) is 0 Å². The second-order valence-corrected chi connectivity index (χ2v) is 3.08. The molecule has 0 aliphatic carbocycles. The van der Waals surface area contributed by atoms with E-state index < -0.39 is 0 Å². The van der Waals surface area contributed by atoms with Gasteiger partial charge in [0.1, 0.15) is 5.76 Å². The minimum atomic E-state index is 0.792.